The largest absolute Gasteiger partial charge is 0.370 e. The molecule has 0 spiro atoms. The van der Waals surface area contributed by atoms with Crippen molar-refractivity contribution in [3.05, 3.63) is 48.0 Å². The molecule has 2 amide bonds. The van der Waals surface area contributed by atoms with Crippen LogP contribution in [0.25, 0.3) is 10.8 Å². The van der Waals surface area contributed by atoms with Crippen LogP contribution < -0.4 is 22.9 Å². The Kier molecular flexibility index (Phi) is 8.75. The van der Waals surface area contributed by atoms with Crippen LogP contribution in [0.5, 0.6) is 0 Å². The van der Waals surface area contributed by atoms with E-state index in [0.717, 1.165) is 6.42 Å². The molecule has 0 radical (unpaired) electrons. The van der Waals surface area contributed by atoms with Gasteiger partial charge in [-0.3, -0.25) is 19.6 Å². The molecule has 2 aliphatic heterocycles. The maximum absolute atomic E-state index is 13.7. The van der Waals surface area contributed by atoms with Crippen molar-refractivity contribution in [3.63, 3.8) is 0 Å². The van der Waals surface area contributed by atoms with Crippen molar-refractivity contribution in [2.75, 3.05) is 31.9 Å². The molecular formula is C26H36N8O2S. The molecule has 2 fully saturated rings. The standard InChI is InChI=1S/C26H36N8O2S/c27-25(28)31-11-3-6-21-24(36)33(13-10-17-7-8-18-4-1-2-5-19(18)14-17)15-22-34(21)23(35)20(16-37-22)9-12-32-26(29)30/h1-2,4-5,7-8,14,20-22H,3,6,9-13,15-16H2,(H4,27,28,31)(H4,29,30,32)/t20-,21+,22-/m1/s1. The third kappa shape index (κ3) is 6.65. The second-order valence-electron chi connectivity index (χ2n) is 9.51. The van der Waals surface area contributed by atoms with Crippen LogP contribution in [-0.4, -0.2) is 76.9 Å². The highest BCUT2D eigenvalue weighted by Gasteiger charge is 2.47. The van der Waals surface area contributed by atoms with Crippen molar-refractivity contribution in [1.29, 1.82) is 0 Å². The molecule has 2 heterocycles. The zero-order valence-electron chi connectivity index (χ0n) is 21.0. The van der Waals surface area contributed by atoms with Crippen molar-refractivity contribution in [2.24, 2.45) is 38.8 Å². The highest BCUT2D eigenvalue weighted by Crippen LogP contribution is 2.36. The first-order valence-electron chi connectivity index (χ1n) is 12.6. The van der Waals surface area contributed by atoms with Crippen LogP contribution in [0.15, 0.2) is 52.4 Å². The number of rotatable bonds is 10. The van der Waals surface area contributed by atoms with Crippen LogP contribution in [0.4, 0.5) is 0 Å². The van der Waals surface area contributed by atoms with Gasteiger partial charge in [-0.25, -0.2) is 0 Å². The van der Waals surface area contributed by atoms with Gasteiger partial charge in [0.05, 0.1) is 11.9 Å². The minimum absolute atomic E-state index is 0.00362. The highest BCUT2D eigenvalue weighted by atomic mass is 32.2. The Morgan fingerprint density at radius 3 is 2.41 bits per heavy atom. The molecule has 0 aromatic heterocycles. The summed E-state index contributed by atoms with van der Waals surface area (Å²) in [5, 5.41) is 2.31. The third-order valence-corrected chi connectivity index (χ3v) is 8.25. The minimum Gasteiger partial charge on any atom is -0.370 e. The summed E-state index contributed by atoms with van der Waals surface area (Å²) in [5.41, 5.74) is 23.0. The van der Waals surface area contributed by atoms with Crippen LogP contribution in [-0.2, 0) is 16.0 Å². The van der Waals surface area contributed by atoms with Crippen LogP contribution in [0.3, 0.4) is 0 Å². The zero-order chi connectivity index (χ0) is 26.4. The van der Waals surface area contributed by atoms with E-state index in [0.29, 0.717) is 51.2 Å². The molecular weight excluding hydrogens is 488 g/mol. The van der Waals surface area contributed by atoms with Gasteiger partial charge in [0.25, 0.3) is 0 Å². The van der Waals surface area contributed by atoms with E-state index in [-0.39, 0.29) is 35.0 Å². The molecule has 2 saturated heterocycles. The lowest BCUT2D eigenvalue weighted by Crippen LogP contribution is -2.65. The minimum atomic E-state index is -0.532. The van der Waals surface area contributed by atoms with Gasteiger partial charge < -0.3 is 32.7 Å². The first-order chi connectivity index (χ1) is 17.8. The number of aliphatic imine (C=N–C) groups is 2. The summed E-state index contributed by atoms with van der Waals surface area (Å²) in [7, 11) is 0. The Bertz CT molecular complexity index is 1180. The van der Waals surface area contributed by atoms with Crippen molar-refractivity contribution in [1.82, 2.24) is 9.80 Å². The first kappa shape index (κ1) is 26.6. The summed E-state index contributed by atoms with van der Waals surface area (Å²) < 4.78 is 0. The molecule has 0 bridgehead atoms. The van der Waals surface area contributed by atoms with Crippen LogP contribution >= 0.6 is 11.8 Å². The molecule has 2 aliphatic rings. The van der Waals surface area contributed by atoms with Crippen molar-refractivity contribution in [2.45, 2.75) is 37.1 Å². The number of fused-ring (bicyclic) bond motifs is 2. The molecule has 198 valence electrons. The molecule has 2 aromatic rings. The highest BCUT2D eigenvalue weighted by molar-refractivity contribution is 8.00. The number of carbonyl (C=O) groups is 2. The molecule has 0 aliphatic carbocycles. The lowest BCUT2D eigenvalue weighted by atomic mass is 9.99. The van der Waals surface area contributed by atoms with Gasteiger partial charge in [-0.05, 0) is 42.0 Å². The predicted octanol–water partition coefficient (Wildman–Crippen LogP) is 0.828. The number of nitrogens with zero attached hydrogens (tertiary/aromatic N) is 4. The summed E-state index contributed by atoms with van der Waals surface area (Å²) in [4.78, 5) is 39.0. The van der Waals surface area contributed by atoms with Gasteiger partial charge in [-0.1, -0.05) is 42.5 Å². The molecule has 11 heteroatoms. The molecule has 10 nitrogen and oxygen atoms in total. The smallest absolute Gasteiger partial charge is 0.245 e. The van der Waals surface area contributed by atoms with E-state index in [4.69, 9.17) is 22.9 Å². The number of carbonyl (C=O) groups excluding carboxylic acids is 2. The predicted molar refractivity (Wildman–Crippen MR) is 150 cm³/mol. The number of nitrogens with two attached hydrogens (primary N) is 4. The van der Waals surface area contributed by atoms with E-state index in [1.54, 1.807) is 16.7 Å². The van der Waals surface area contributed by atoms with E-state index in [2.05, 4.69) is 40.3 Å². The van der Waals surface area contributed by atoms with Gasteiger partial charge in [-0.15, -0.1) is 11.8 Å². The second kappa shape index (κ2) is 12.2. The Labute approximate surface area is 221 Å². The van der Waals surface area contributed by atoms with Crippen LogP contribution in [0.1, 0.15) is 24.8 Å². The SMILES string of the molecule is NC(N)=NCCC[C@H]1C(=O)N(CCc2ccc3ccccc3c2)C[C@H]2SC[C@@H](CCN=C(N)N)C(=O)N21. The van der Waals surface area contributed by atoms with Gasteiger partial charge in [0, 0.05) is 31.3 Å². The van der Waals surface area contributed by atoms with E-state index in [1.165, 1.54) is 16.3 Å². The first-order valence-corrected chi connectivity index (χ1v) is 13.7. The summed E-state index contributed by atoms with van der Waals surface area (Å²) in [5.74, 6) is 0.495. The van der Waals surface area contributed by atoms with E-state index in [1.807, 2.05) is 17.0 Å². The normalized spacial score (nSPS) is 21.6. The van der Waals surface area contributed by atoms with E-state index >= 15 is 0 Å². The van der Waals surface area contributed by atoms with Gasteiger partial charge in [-0.2, -0.15) is 0 Å². The summed E-state index contributed by atoms with van der Waals surface area (Å²) >= 11 is 1.73. The van der Waals surface area contributed by atoms with Crippen LogP contribution in [0.2, 0.25) is 0 Å². The molecule has 4 rings (SSSR count). The molecule has 2 aromatic carbocycles. The number of hydrogen-bond donors (Lipinski definition) is 4. The average molecular weight is 525 g/mol. The Morgan fingerprint density at radius 2 is 1.65 bits per heavy atom. The van der Waals surface area contributed by atoms with Crippen molar-refractivity contribution < 1.29 is 9.59 Å². The number of amides is 2. The lowest BCUT2D eigenvalue weighted by molar-refractivity contribution is -0.155. The van der Waals surface area contributed by atoms with Gasteiger partial charge >= 0.3 is 0 Å². The van der Waals surface area contributed by atoms with E-state index < -0.39 is 6.04 Å². The fraction of sp³-hybridized carbons (Fsp3) is 0.462. The topological polar surface area (TPSA) is 169 Å². The quantitative estimate of drug-likeness (QED) is 0.203. The zero-order valence-corrected chi connectivity index (χ0v) is 21.8. The lowest BCUT2D eigenvalue weighted by Gasteiger charge is -2.49. The molecule has 37 heavy (non-hydrogen) atoms. The number of benzene rings is 2. The van der Waals surface area contributed by atoms with Crippen molar-refractivity contribution >= 4 is 46.3 Å². The summed E-state index contributed by atoms with van der Waals surface area (Å²) in [6.07, 6.45) is 2.41. The fourth-order valence-corrected chi connectivity index (χ4v) is 6.47. The number of hydrogen-bond acceptors (Lipinski definition) is 5. The summed E-state index contributed by atoms with van der Waals surface area (Å²) in [6.45, 7) is 1.93. The Morgan fingerprint density at radius 1 is 0.919 bits per heavy atom. The second-order valence-corrected chi connectivity index (χ2v) is 10.7. The molecule has 3 atom stereocenters. The molecule has 0 unspecified atom stereocenters. The van der Waals surface area contributed by atoms with Gasteiger partial charge in [0.2, 0.25) is 11.8 Å². The van der Waals surface area contributed by atoms with Gasteiger partial charge in [0.1, 0.15) is 6.04 Å². The Hall–Kier alpha value is -3.47. The number of piperazine rings is 1. The van der Waals surface area contributed by atoms with Gasteiger partial charge in [0.15, 0.2) is 11.9 Å². The monoisotopic (exact) mass is 524 g/mol. The third-order valence-electron chi connectivity index (χ3n) is 6.90. The number of thioether (sulfide) groups is 1. The van der Waals surface area contributed by atoms with Crippen molar-refractivity contribution in [3.8, 4) is 0 Å². The van der Waals surface area contributed by atoms with E-state index in [9.17, 15) is 9.59 Å². The Balaban J connectivity index is 1.47. The number of guanidine groups is 2. The van der Waals surface area contributed by atoms with Crippen LogP contribution in [0, 0.1) is 5.92 Å². The summed E-state index contributed by atoms with van der Waals surface area (Å²) in [6, 6.07) is 14.1. The molecule has 0 saturated carbocycles. The molecule has 8 N–H and O–H groups in total. The maximum atomic E-state index is 13.7. The fourth-order valence-electron chi connectivity index (χ4n) is 5.01. The average Bonchev–Trinajstić information content (AvgIpc) is 2.87. The maximum Gasteiger partial charge on any atom is 0.245 e.